The molecule has 4 nitrogen and oxygen atoms in total. The fourth-order valence-electron chi connectivity index (χ4n) is 3.83. The Balaban J connectivity index is 1.90. The maximum absolute atomic E-state index is 9.88. The average molecular weight is 473 g/mol. The molecule has 0 spiro atoms. The van der Waals surface area contributed by atoms with Gasteiger partial charge in [0.05, 0.1) is 21.4 Å². The third-order valence-corrected chi connectivity index (χ3v) is 6.20. The number of nitrogens with zero attached hydrogens (tertiary/aromatic N) is 2. The first-order valence-electron chi connectivity index (χ1n) is 10.2. The molecule has 5 rings (SSSR count). The molecule has 1 aromatic heterocycles. The maximum Gasteiger partial charge on any atom is 0.115 e. The first kappa shape index (κ1) is 21.1. The van der Waals surface area contributed by atoms with Crippen molar-refractivity contribution in [3.05, 3.63) is 107 Å². The van der Waals surface area contributed by atoms with Crippen molar-refractivity contribution < 1.29 is 10.2 Å². The van der Waals surface area contributed by atoms with Crippen molar-refractivity contribution in [1.82, 2.24) is 9.78 Å². The highest BCUT2D eigenvalue weighted by Crippen LogP contribution is 2.43. The molecule has 0 saturated carbocycles. The van der Waals surface area contributed by atoms with Gasteiger partial charge in [-0.15, -0.1) is 0 Å². The lowest BCUT2D eigenvalue weighted by Crippen LogP contribution is -2.01. The van der Waals surface area contributed by atoms with Crippen molar-refractivity contribution in [2.24, 2.45) is 0 Å². The van der Waals surface area contributed by atoms with Gasteiger partial charge < -0.3 is 10.2 Å². The highest BCUT2D eigenvalue weighted by molar-refractivity contribution is 6.43. The lowest BCUT2D eigenvalue weighted by molar-refractivity contribution is 0.475. The zero-order chi connectivity index (χ0) is 22.9. The number of hydrogen-bond donors (Lipinski definition) is 2. The Morgan fingerprint density at radius 3 is 1.85 bits per heavy atom. The van der Waals surface area contributed by atoms with Crippen molar-refractivity contribution in [3.8, 4) is 50.8 Å². The number of phenols is 2. The Kier molecular flexibility index (Phi) is 5.55. The van der Waals surface area contributed by atoms with Crippen LogP contribution in [0.25, 0.3) is 39.3 Å². The van der Waals surface area contributed by atoms with E-state index in [-0.39, 0.29) is 11.5 Å². The van der Waals surface area contributed by atoms with Crippen LogP contribution in [0.15, 0.2) is 97.1 Å². The predicted octanol–water partition coefficient (Wildman–Crippen LogP) is 7.59. The lowest BCUT2D eigenvalue weighted by atomic mass is 9.95. The SMILES string of the molecule is Oc1ccc(-c2nn(-c3cccc(Cl)c3Cl)c(-c3ccc(O)cc3)c2-c2ccccc2)cc1. The first-order chi connectivity index (χ1) is 16.0. The number of aromatic hydroxyl groups is 2. The van der Waals surface area contributed by atoms with Crippen molar-refractivity contribution in [3.63, 3.8) is 0 Å². The summed E-state index contributed by atoms with van der Waals surface area (Å²) in [5.74, 6) is 0.349. The van der Waals surface area contributed by atoms with E-state index in [2.05, 4.69) is 0 Å². The van der Waals surface area contributed by atoms with E-state index in [9.17, 15) is 10.2 Å². The zero-order valence-corrected chi connectivity index (χ0v) is 18.8. The van der Waals surface area contributed by atoms with Crippen LogP contribution in [0.5, 0.6) is 11.5 Å². The van der Waals surface area contributed by atoms with Crippen LogP contribution in [0.3, 0.4) is 0 Å². The van der Waals surface area contributed by atoms with Gasteiger partial charge in [-0.05, 0) is 66.2 Å². The summed E-state index contributed by atoms with van der Waals surface area (Å²) < 4.78 is 1.78. The minimum Gasteiger partial charge on any atom is -0.508 e. The number of hydrogen-bond acceptors (Lipinski definition) is 3. The molecule has 0 amide bonds. The number of halogens is 2. The van der Waals surface area contributed by atoms with Gasteiger partial charge in [-0.25, -0.2) is 4.68 Å². The quantitative estimate of drug-likeness (QED) is 0.283. The Labute approximate surface area is 200 Å². The van der Waals surface area contributed by atoms with Crippen LogP contribution < -0.4 is 0 Å². The van der Waals surface area contributed by atoms with E-state index in [4.69, 9.17) is 28.3 Å². The monoisotopic (exact) mass is 472 g/mol. The summed E-state index contributed by atoms with van der Waals surface area (Å²) in [6.07, 6.45) is 0. The molecule has 0 aliphatic heterocycles. The minimum absolute atomic E-state index is 0.172. The third kappa shape index (κ3) is 3.95. The number of phenolic OH excluding ortho intramolecular Hbond substituents is 2. The zero-order valence-electron chi connectivity index (χ0n) is 17.3. The number of benzene rings is 4. The summed E-state index contributed by atoms with van der Waals surface area (Å²) in [6.45, 7) is 0. The Morgan fingerprint density at radius 1 is 0.606 bits per heavy atom. The molecule has 33 heavy (non-hydrogen) atoms. The van der Waals surface area contributed by atoms with E-state index in [0.717, 1.165) is 33.6 Å². The van der Waals surface area contributed by atoms with E-state index >= 15 is 0 Å². The molecule has 162 valence electrons. The molecule has 5 aromatic rings. The molecule has 0 unspecified atom stereocenters. The van der Waals surface area contributed by atoms with E-state index in [1.807, 2.05) is 66.7 Å². The van der Waals surface area contributed by atoms with Crippen LogP contribution in [0.4, 0.5) is 0 Å². The molecule has 6 heteroatoms. The van der Waals surface area contributed by atoms with Crippen LogP contribution in [0, 0.1) is 0 Å². The summed E-state index contributed by atoms with van der Waals surface area (Å²) in [4.78, 5) is 0. The van der Waals surface area contributed by atoms with Crippen LogP contribution >= 0.6 is 23.2 Å². The second-order valence-corrected chi connectivity index (χ2v) is 8.30. The standard InChI is InChI=1S/C27H18Cl2N2O2/c28-22-7-4-8-23(25(22)29)31-27(19-11-15-21(33)16-12-19)24(17-5-2-1-3-6-17)26(30-31)18-9-13-20(32)14-10-18/h1-16,32-33H. The highest BCUT2D eigenvalue weighted by atomic mass is 35.5. The maximum atomic E-state index is 9.88. The fraction of sp³-hybridized carbons (Fsp3) is 0. The Hall–Kier alpha value is -3.73. The van der Waals surface area contributed by atoms with Gasteiger partial charge in [-0.1, -0.05) is 59.6 Å². The third-order valence-electron chi connectivity index (χ3n) is 5.39. The smallest absolute Gasteiger partial charge is 0.115 e. The number of rotatable bonds is 4. The van der Waals surface area contributed by atoms with Gasteiger partial charge in [0.25, 0.3) is 0 Å². The van der Waals surface area contributed by atoms with Gasteiger partial charge in [-0.2, -0.15) is 5.10 Å². The summed E-state index contributed by atoms with van der Waals surface area (Å²) in [5.41, 5.74) is 5.70. The number of aromatic nitrogens is 2. The molecule has 0 bridgehead atoms. The summed E-state index contributed by atoms with van der Waals surface area (Å²) in [5, 5.41) is 25.5. The van der Waals surface area contributed by atoms with Crippen LogP contribution in [-0.2, 0) is 0 Å². The van der Waals surface area contributed by atoms with E-state index in [0.29, 0.717) is 15.7 Å². The Bertz CT molecular complexity index is 1430. The predicted molar refractivity (Wildman–Crippen MR) is 133 cm³/mol. The highest BCUT2D eigenvalue weighted by Gasteiger charge is 2.24. The summed E-state index contributed by atoms with van der Waals surface area (Å²) in [6, 6.07) is 29.3. The molecule has 0 radical (unpaired) electrons. The molecule has 0 fully saturated rings. The molecule has 2 N–H and O–H groups in total. The van der Waals surface area contributed by atoms with Gasteiger partial charge >= 0.3 is 0 Å². The second-order valence-electron chi connectivity index (χ2n) is 7.52. The van der Waals surface area contributed by atoms with Gasteiger partial charge in [-0.3, -0.25) is 0 Å². The second kappa shape index (κ2) is 8.66. The van der Waals surface area contributed by atoms with Crippen molar-refractivity contribution in [1.29, 1.82) is 0 Å². The molecule has 0 atom stereocenters. The van der Waals surface area contributed by atoms with Gasteiger partial charge in [0, 0.05) is 16.7 Å². The molecule has 0 aliphatic rings. The van der Waals surface area contributed by atoms with Crippen molar-refractivity contribution in [2.45, 2.75) is 0 Å². The Morgan fingerprint density at radius 2 is 1.21 bits per heavy atom. The van der Waals surface area contributed by atoms with Crippen LogP contribution in [0.2, 0.25) is 10.0 Å². The fourth-order valence-corrected chi connectivity index (χ4v) is 4.21. The van der Waals surface area contributed by atoms with Gasteiger partial charge in [0.2, 0.25) is 0 Å². The molecule has 1 heterocycles. The lowest BCUT2D eigenvalue weighted by Gasteiger charge is -2.12. The van der Waals surface area contributed by atoms with Gasteiger partial charge in [0.15, 0.2) is 0 Å². The van der Waals surface area contributed by atoms with E-state index in [1.165, 1.54) is 0 Å². The average Bonchev–Trinajstić information content (AvgIpc) is 3.23. The molecule has 0 aliphatic carbocycles. The normalized spacial score (nSPS) is 11.0. The molecule has 4 aromatic carbocycles. The van der Waals surface area contributed by atoms with Gasteiger partial charge in [0.1, 0.15) is 17.2 Å². The van der Waals surface area contributed by atoms with E-state index in [1.54, 1.807) is 35.0 Å². The molecule has 0 saturated heterocycles. The molecular weight excluding hydrogens is 455 g/mol. The summed E-state index contributed by atoms with van der Waals surface area (Å²) >= 11 is 13.0. The first-order valence-corrected chi connectivity index (χ1v) is 11.0. The van der Waals surface area contributed by atoms with Crippen molar-refractivity contribution in [2.75, 3.05) is 0 Å². The van der Waals surface area contributed by atoms with Crippen molar-refractivity contribution >= 4 is 23.2 Å². The molecular formula is C27H18Cl2N2O2. The summed E-state index contributed by atoms with van der Waals surface area (Å²) in [7, 11) is 0. The topological polar surface area (TPSA) is 58.3 Å². The minimum atomic E-state index is 0.172. The van der Waals surface area contributed by atoms with Crippen LogP contribution in [-0.4, -0.2) is 20.0 Å². The van der Waals surface area contributed by atoms with E-state index < -0.39 is 0 Å². The largest absolute Gasteiger partial charge is 0.508 e. The van der Waals surface area contributed by atoms with Crippen LogP contribution in [0.1, 0.15) is 0 Å².